The Balaban J connectivity index is 0.801. The molecule has 426 valence electrons. The average molecular weight is 1140 g/mol. The number of aryl methyl sites for hydroxylation is 2. The molecule has 0 saturated heterocycles. The summed E-state index contributed by atoms with van der Waals surface area (Å²) in [5.41, 5.74) is 17.4. The summed E-state index contributed by atoms with van der Waals surface area (Å²) in [6, 6.07) is 105. The van der Waals surface area contributed by atoms with Gasteiger partial charge in [-0.25, -0.2) is 0 Å². The summed E-state index contributed by atoms with van der Waals surface area (Å²) in [7, 11) is 0. The fraction of sp³-hybridized carbons (Fsp3) is 0.111. The third kappa shape index (κ3) is 9.12. The molecule has 88 heavy (non-hydrogen) atoms. The molecule has 7 heteroatoms. The van der Waals surface area contributed by atoms with Crippen LogP contribution < -0.4 is 24.0 Å². The number of anilines is 6. The normalized spacial score (nSPS) is 12.6. The monoisotopic (exact) mass is 1140 g/mol. The van der Waals surface area contributed by atoms with E-state index in [1.54, 1.807) is 0 Å². The molecule has 2 aromatic heterocycles. The van der Waals surface area contributed by atoms with Crippen molar-refractivity contribution >= 4 is 77.7 Å². The highest BCUT2D eigenvalue weighted by Gasteiger charge is 2.52. The first kappa shape index (κ1) is 52.8. The highest BCUT2D eigenvalue weighted by atomic mass is 16.5. The van der Waals surface area contributed by atoms with Gasteiger partial charge in [0.2, 0.25) is 0 Å². The Morgan fingerprint density at radius 2 is 0.625 bits per heavy atom. The van der Waals surface area contributed by atoms with E-state index in [4.69, 9.17) is 14.2 Å². The predicted octanol–water partition coefficient (Wildman–Crippen LogP) is 21.0. The van der Waals surface area contributed by atoms with Crippen LogP contribution in [0, 0.1) is 0 Å². The Kier molecular flexibility index (Phi) is 13.5. The Hall–Kier alpha value is -10.8. The molecule has 0 atom stereocenters. The fourth-order valence-electron chi connectivity index (χ4n) is 14.2. The second-order valence-electron chi connectivity index (χ2n) is 23.1. The number of aromatic nitrogens is 2. The molecule has 1 spiro atoms. The molecule has 0 fully saturated rings. The van der Waals surface area contributed by atoms with Gasteiger partial charge in [0.1, 0.15) is 23.0 Å². The molecule has 1 aliphatic heterocycles. The summed E-state index contributed by atoms with van der Waals surface area (Å²) in [6.45, 7) is 2.93. The summed E-state index contributed by atoms with van der Waals surface area (Å²) in [4.78, 5) is 4.74. The third-order valence-electron chi connectivity index (χ3n) is 18.1. The Labute approximate surface area is 513 Å². The quantitative estimate of drug-likeness (QED) is 0.0801. The van der Waals surface area contributed by atoms with Crippen molar-refractivity contribution in [3.63, 3.8) is 0 Å². The molecule has 7 nitrogen and oxygen atoms in total. The van der Waals surface area contributed by atoms with Gasteiger partial charge in [-0.15, -0.1) is 0 Å². The molecule has 3 heterocycles. The molecule has 0 radical (unpaired) electrons. The first-order valence-electron chi connectivity index (χ1n) is 30.9. The van der Waals surface area contributed by atoms with E-state index in [0.717, 1.165) is 107 Å². The van der Waals surface area contributed by atoms with Crippen molar-refractivity contribution in [2.24, 2.45) is 0 Å². The molecule has 0 unspecified atom stereocenters. The highest BCUT2D eigenvalue weighted by molar-refractivity contribution is 6.09. The van der Waals surface area contributed by atoms with Gasteiger partial charge in [-0.05, 0) is 157 Å². The lowest BCUT2D eigenvalue weighted by Gasteiger charge is -2.40. The number of rotatable bonds is 18. The molecule has 12 aromatic carbocycles. The largest absolute Gasteiger partial charge is 0.493 e. The lowest BCUT2D eigenvalue weighted by molar-refractivity contribution is 0.299. The predicted molar refractivity (Wildman–Crippen MR) is 362 cm³/mol. The Morgan fingerprint density at radius 1 is 0.295 bits per heavy atom. The van der Waals surface area contributed by atoms with Gasteiger partial charge in [-0.1, -0.05) is 170 Å². The van der Waals surface area contributed by atoms with Crippen molar-refractivity contribution < 1.29 is 14.2 Å². The lowest BCUT2D eigenvalue weighted by Crippen LogP contribution is -2.32. The number of unbranched alkanes of at least 4 members (excludes halogenated alkanes) is 2. The van der Waals surface area contributed by atoms with E-state index in [1.165, 1.54) is 65.9 Å². The fourth-order valence-corrected chi connectivity index (χ4v) is 14.2. The van der Waals surface area contributed by atoms with Gasteiger partial charge in [-0.3, -0.25) is 0 Å². The second kappa shape index (κ2) is 22.6. The zero-order valence-corrected chi connectivity index (χ0v) is 48.9. The average Bonchev–Trinajstić information content (AvgIpc) is 1.51. The van der Waals surface area contributed by atoms with E-state index in [-0.39, 0.29) is 0 Å². The van der Waals surface area contributed by atoms with Crippen molar-refractivity contribution in [2.75, 3.05) is 23.0 Å². The molecule has 14 aromatic rings. The number of nitrogens with zero attached hydrogens (tertiary/aromatic N) is 4. The minimum atomic E-state index is -0.862. The number of hydrogen-bond donors (Lipinski definition) is 0. The van der Waals surface area contributed by atoms with E-state index in [1.807, 2.05) is 0 Å². The van der Waals surface area contributed by atoms with E-state index in [9.17, 15) is 0 Å². The van der Waals surface area contributed by atoms with Crippen molar-refractivity contribution in [3.05, 3.63) is 313 Å². The Bertz CT molecular complexity index is 4370. The first-order valence-corrected chi connectivity index (χ1v) is 30.9. The van der Waals surface area contributed by atoms with Crippen LogP contribution in [0.3, 0.4) is 0 Å². The van der Waals surface area contributed by atoms with Gasteiger partial charge in [-0.2, -0.15) is 0 Å². The van der Waals surface area contributed by atoms with Crippen LogP contribution in [-0.2, 0) is 18.5 Å². The number of para-hydroxylation sites is 8. The summed E-state index contributed by atoms with van der Waals surface area (Å²) in [6.07, 6.45) is 3.70. The molecule has 2 aliphatic rings. The van der Waals surface area contributed by atoms with E-state index in [2.05, 4.69) is 310 Å². The molecular weight excluding hydrogens is 1080 g/mol. The summed E-state index contributed by atoms with van der Waals surface area (Å²) in [5.74, 6) is 3.03. The zero-order chi connectivity index (χ0) is 58.4. The van der Waals surface area contributed by atoms with Crippen LogP contribution in [0.1, 0.15) is 47.9 Å². The van der Waals surface area contributed by atoms with Gasteiger partial charge >= 0.3 is 0 Å². The van der Waals surface area contributed by atoms with Crippen LogP contribution in [-0.4, -0.2) is 22.3 Å². The van der Waals surface area contributed by atoms with Crippen molar-refractivity contribution in [2.45, 2.75) is 44.2 Å². The summed E-state index contributed by atoms with van der Waals surface area (Å²) < 4.78 is 25.8. The van der Waals surface area contributed by atoms with Crippen LogP contribution in [0.4, 0.5) is 34.1 Å². The maximum absolute atomic E-state index is 7.34. The van der Waals surface area contributed by atoms with Crippen LogP contribution >= 0.6 is 0 Å². The van der Waals surface area contributed by atoms with E-state index in [0.29, 0.717) is 13.2 Å². The highest BCUT2D eigenvalue weighted by Crippen LogP contribution is 2.64. The topological polar surface area (TPSA) is 44.0 Å². The van der Waals surface area contributed by atoms with Crippen molar-refractivity contribution in [3.8, 4) is 34.1 Å². The molecular formula is C81H64N4O3. The molecule has 1 aliphatic carbocycles. The minimum absolute atomic E-state index is 0.564. The molecule has 0 amide bonds. The maximum atomic E-state index is 7.34. The summed E-state index contributed by atoms with van der Waals surface area (Å²) >= 11 is 0. The standard InChI is InChI=1S/C81H64N4O3/c1-5-25-57(26-6-1)84(58-27-7-2-8-28-58)61-41-45-65-66-46-42-62(85(59-29-9-3-10-30-59)60-31-11-4-12-32-60)54-74(66)81(73(65)53-61)71-47-43-63(86-51-23-21-49-82-75-37-17-13-33-67(75)68-34-14-18-38-76(68)82)55-79(71)88-80-56-64(44-48-72(80)81)87-52-24-22-50-83-77-39-19-15-35-69(77)70-36-16-20-40-78(70)83/h1-20,25-48,53-56H,21-24,49-52H2. The van der Waals surface area contributed by atoms with Crippen LogP contribution in [0.25, 0.3) is 54.7 Å². The van der Waals surface area contributed by atoms with Gasteiger partial charge in [0.15, 0.2) is 0 Å². The molecule has 16 rings (SSSR count). The van der Waals surface area contributed by atoms with Crippen LogP contribution in [0.5, 0.6) is 23.0 Å². The smallest absolute Gasteiger partial charge is 0.135 e. The third-order valence-corrected chi connectivity index (χ3v) is 18.1. The van der Waals surface area contributed by atoms with Crippen LogP contribution in [0.2, 0.25) is 0 Å². The zero-order valence-electron chi connectivity index (χ0n) is 48.9. The number of ether oxygens (including phenoxy) is 3. The Morgan fingerprint density at radius 3 is 0.977 bits per heavy atom. The van der Waals surface area contributed by atoms with Gasteiger partial charge < -0.3 is 33.1 Å². The number of hydrogen-bond acceptors (Lipinski definition) is 5. The van der Waals surface area contributed by atoms with Crippen molar-refractivity contribution in [1.29, 1.82) is 0 Å². The minimum Gasteiger partial charge on any atom is -0.493 e. The van der Waals surface area contributed by atoms with Gasteiger partial charge in [0.25, 0.3) is 0 Å². The SMILES string of the molecule is c1ccc(N(c2ccccc2)c2ccc3c(c2)C2(c4ccc(OCCCCn5c6ccccc6c6ccccc65)cc4Oc4cc(OCCCCn5c6ccccc6c6ccccc65)ccc42)c2cc(N(c4ccccc4)c4ccccc4)ccc2-3)cc1. The lowest BCUT2D eigenvalue weighted by atomic mass is 9.66. The van der Waals surface area contributed by atoms with Gasteiger partial charge in [0.05, 0.1) is 18.6 Å². The summed E-state index contributed by atoms with van der Waals surface area (Å²) in [5, 5.41) is 5.18. The van der Waals surface area contributed by atoms with E-state index < -0.39 is 5.41 Å². The number of fused-ring (bicyclic) bond motifs is 15. The first-order chi connectivity index (χ1) is 43.7. The van der Waals surface area contributed by atoms with Gasteiger partial charge in [0, 0.05) is 114 Å². The second-order valence-corrected chi connectivity index (χ2v) is 23.1. The number of benzene rings is 12. The van der Waals surface area contributed by atoms with Crippen molar-refractivity contribution in [1.82, 2.24) is 9.13 Å². The molecule has 0 N–H and O–H groups in total. The maximum Gasteiger partial charge on any atom is 0.135 e. The molecule has 0 bridgehead atoms. The molecule has 0 saturated carbocycles. The van der Waals surface area contributed by atoms with E-state index >= 15 is 0 Å². The van der Waals surface area contributed by atoms with Crippen LogP contribution in [0.15, 0.2) is 291 Å².